The van der Waals surface area contributed by atoms with E-state index in [4.69, 9.17) is 10.2 Å². The molecule has 32 heavy (non-hydrogen) atoms. The zero-order chi connectivity index (χ0) is 22.5. The average Bonchev–Trinajstić information content (AvgIpc) is 3.52. The minimum absolute atomic E-state index is 0.0469. The smallest absolute Gasteiger partial charge is 0.333 e. The average molecular weight is 438 g/mol. The van der Waals surface area contributed by atoms with Gasteiger partial charge in [-0.05, 0) is 19.3 Å². The maximum absolute atomic E-state index is 13.2. The van der Waals surface area contributed by atoms with Crippen LogP contribution in [0, 0.1) is 5.41 Å². The summed E-state index contributed by atoms with van der Waals surface area (Å²) >= 11 is 0. The topological polar surface area (TPSA) is 163 Å². The van der Waals surface area contributed by atoms with Crippen molar-refractivity contribution in [3.63, 3.8) is 0 Å². The number of hydroxylamine groups is 2. The van der Waals surface area contributed by atoms with Gasteiger partial charge in [0, 0.05) is 12.1 Å². The van der Waals surface area contributed by atoms with Crippen LogP contribution in [-0.4, -0.2) is 63.2 Å². The van der Waals surface area contributed by atoms with Crippen molar-refractivity contribution in [1.82, 2.24) is 30.3 Å². The van der Waals surface area contributed by atoms with E-state index in [1.807, 2.05) is 0 Å². The number of nitrogens with one attached hydrogen (secondary N) is 3. The van der Waals surface area contributed by atoms with Crippen LogP contribution in [0.15, 0.2) is 36.3 Å². The Bertz CT molecular complexity index is 1050. The maximum atomic E-state index is 13.2. The Hall–Kier alpha value is -3.77. The van der Waals surface area contributed by atoms with E-state index < -0.39 is 11.8 Å². The summed E-state index contributed by atoms with van der Waals surface area (Å²) in [7, 11) is 1.66. The molecule has 2 aromatic heterocycles. The van der Waals surface area contributed by atoms with Crippen LogP contribution in [0.4, 0.5) is 11.5 Å². The first-order valence-electron chi connectivity index (χ1n) is 10.3. The zero-order valence-electron chi connectivity index (χ0n) is 17.5. The van der Waals surface area contributed by atoms with Crippen molar-refractivity contribution in [1.29, 1.82) is 5.41 Å². The van der Waals surface area contributed by atoms with Gasteiger partial charge < -0.3 is 21.4 Å². The molecule has 2 fully saturated rings. The molecule has 12 nitrogen and oxygen atoms in total. The third-order valence-electron chi connectivity index (χ3n) is 5.01. The van der Waals surface area contributed by atoms with Crippen LogP contribution in [-0.2, 0) is 9.63 Å². The SMILES string of the molecule is C[NH2+]/C(C(=O)N1CCCO1)=C(\C=N)NC(=O)c1nc(C2CC2)cnc1Nc1cncnc1. The molecule has 1 aliphatic carbocycles. The first-order valence-corrected chi connectivity index (χ1v) is 10.3. The summed E-state index contributed by atoms with van der Waals surface area (Å²) in [6, 6.07) is 0. The number of allylic oxidation sites excluding steroid dienone is 1. The van der Waals surface area contributed by atoms with E-state index in [1.54, 1.807) is 25.6 Å². The number of nitrogens with two attached hydrogens (primary N) is 1. The van der Waals surface area contributed by atoms with Crippen molar-refractivity contribution in [3.8, 4) is 0 Å². The third kappa shape index (κ3) is 4.76. The number of likely N-dealkylation sites (N-methyl/N-ethyl adjacent to an activating group) is 1. The lowest BCUT2D eigenvalue weighted by atomic mass is 10.2. The molecule has 0 spiro atoms. The van der Waals surface area contributed by atoms with Crippen LogP contribution in [0.1, 0.15) is 41.4 Å². The minimum Gasteiger partial charge on any atom is -0.336 e. The molecule has 0 aromatic carbocycles. The van der Waals surface area contributed by atoms with Crippen molar-refractivity contribution < 1.29 is 19.7 Å². The second-order valence-corrected chi connectivity index (χ2v) is 7.33. The van der Waals surface area contributed by atoms with Crippen molar-refractivity contribution in [2.24, 2.45) is 0 Å². The molecular formula is C20H24N9O3+. The number of carbonyl (C=O) groups is 2. The summed E-state index contributed by atoms with van der Waals surface area (Å²) < 4.78 is 0. The normalized spacial score (nSPS) is 16.3. The second kappa shape index (κ2) is 9.58. The molecule has 3 heterocycles. The number of amides is 2. The number of anilines is 2. The highest BCUT2D eigenvalue weighted by Gasteiger charge is 2.30. The van der Waals surface area contributed by atoms with E-state index in [9.17, 15) is 9.59 Å². The molecular weight excluding hydrogens is 414 g/mol. The molecule has 0 atom stereocenters. The molecule has 0 unspecified atom stereocenters. The predicted molar refractivity (Wildman–Crippen MR) is 113 cm³/mol. The lowest BCUT2D eigenvalue weighted by molar-refractivity contribution is -0.572. The molecule has 4 rings (SSSR count). The van der Waals surface area contributed by atoms with Crippen LogP contribution < -0.4 is 16.0 Å². The van der Waals surface area contributed by atoms with Gasteiger partial charge in [-0.1, -0.05) is 0 Å². The van der Waals surface area contributed by atoms with Gasteiger partial charge >= 0.3 is 5.91 Å². The quantitative estimate of drug-likeness (QED) is 0.326. The monoisotopic (exact) mass is 438 g/mol. The Labute approximate surface area is 184 Å². The van der Waals surface area contributed by atoms with Gasteiger partial charge in [0.05, 0.1) is 50.2 Å². The maximum Gasteiger partial charge on any atom is 0.333 e. The standard InChI is InChI=1S/C20H23N9O3/c1-22-16(20(31)29-5-2-6-32-29)14(7-21)28-19(30)17-18(26-13-8-23-11-24-9-13)25-10-15(27-17)12-3-4-12/h7-12,21-22H,2-6H2,1H3,(H,25,26)(H,28,30)/p+1/b16-14+,21-7?. The summed E-state index contributed by atoms with van der Waals surface area (Å²) in [6.45, 7) is 0.911. The largest absolute Gasteiger partial charge is 0.336 e. The van der Waals surface area contributed by atoms with Gasteiger partial charge in [0.15, 0.2) is 11.5 Å². The molecule has 2 aromatic rings. The summed E-state index contributed by atoms with van der Waals surface area (Å²) in [6.07, 6.45) is 9.80. The predicted octanol–water partition coefficient (Wildman–Crippen LogP) is -0.164. The van der Waals surface area contributed by atoms with E-state index in [0.29, 0.717) is 18.8 Å². The van der Waals surface area contributed by atoms with Gasteiger partial charge in [0.2, 0.25) is 5.70 Å². The molecule has 0 radical (unpaired) electrons. The molecule has 1 saturated carbocycles. The Morgan fingerprint density at radius 1 is 1.28 bits per heavy atom. The van der Waals surface area contributed by atoms with Crippen LogP contribution in [0.25, 0.3) is 0 Å². The molecule has 0 bridgehead atoms. The fourth-order valence-corrected chi connectivity index (χ4v) is 3.23. The molecule has 1 saturated heterocycles. The van der Waals surface area contributed by atoms with Gasteiger partial charge in [-0.3, -0.25) is 14.4 Å². The number of hydrogen-bond acceptors (Lipinski definition) is 9. The molecule has 2 amide bonds. The van der Waals surface area contributed by atoms with Gasteiger partial charge in [-0.25, -0.2) is 25.0 Å². The Balaban J connectivity index is 1.63. The minimum atomic E-state index is -0.590. The third-order valence-corrected chi connectivity index (χ3v) is 5.01. The Morgan fingerprint density at radius 3 is 2.69 bits per heavy atom. The molecule has 1 aliphatic heterocycles. The lowest BCUT2D eigenvalue weighted by Crippen LogP contribution is -2.81. The second-order valence-electron chi connectivity index (χ2n) is 7.33. The van der Waals surface area contributed by atoms with Crippen LogP contribution >= 0.6 is 0 Å². The van der Waals surface area contributed by atoms with Crippen LogP contribution in [0.2, 0.25) is 0 Å². The molecule has 12 heteroatoms. The number of nitrogens with zero attached hydrogens (tertiary/aromatic N) is 5. The first kappa shape index (κ1) is 21.5. The molecule has 166 valence electrons. The Kier molecular flexibility index (Phi) is 6.42. The summed E-state index contributed by atoms with van der Waals surface area (Å²) in [5, 5.41) is 16.2. The lowest BCUT2D eigenvalue weighted by Gasteiger charge is -2.16. The van der Waals surface area contributed by atoms with Crippen molar-refractivity contribution in [2.75, 3.05) is 25.5 Å². The van der Waals surface area contributed by atoms with E-state index in [-0.39, 0.29) is 28.8 Å². The van der Waals surface area contributed by atoms with Gasteiger partial charge in [-0.2, -0.15) is 0 Å². The highest BCUT2D eigenvalue weighted by molar-refractivity contribution is 6.04. The van der Waals surface area contributed by atoms with Gasteiger partial charge in [0.1, 0.15) is 12.0 Å². The number of aromatic nitrogens is 4. The fraction of sp³-hybridized carbons (Fsp3) is 0.350. The van der Waals surface area contributed by atoms with Crippen LogP contribution in [0.5, 0.6) is 0 Å². The van der Waals surface area contributed by atoms with Crippen molar-refractivity contribution in [2.45, 2.75) is 25.2 Å². The Morgan fingerprint density at radius 2 is 2.06 bits per heavy atom. The van der Waals surface area contributed by atoms with E-state index in [1.165, 1.54) is 16.7 Å². The van der Waals surface area contributed by atoms with Crippen LogP contribution in [0.3, 0.4) is 0 Å². The van der Waals surface area contributed by atoms with E-state index >= 15 is 0 Å². The number of rotatable bonds is 8. The number of carbonyl (C=O) groups excluding carboxylic acids is 2. The molecule has 5 N–H and O–H groups in total. The first-order chi connectivity index (χ1) is 15.6. The van der Waals surface area contributed by atoms with Gasteiger partial charge in [0.25, 0.3) is 5.91 Å². The van der Waals surface area contributed by atoms with Crippen molar-refractivity contribution >= 4 is 29.5 Å². The summed E-state index contributed by atoms with van der Waals surface area (Å²) in [5.41, 5.74) is 1.53. The fourth-order valence-electron chi connectivity index (χ4n) is 3.23. The molecule has 2 aliphatic rings. The summed E-state index contributed by atoms with van der Waals surface area (Å²) in [5.74, 6) is -0.495. The van der Waals surface area contributed by atoms with E-state index in [2.05, 4.69) is 30.6 Å². The summed E-state index contributed by atoms with van der Waals surface area (Å²) in [4.78, 5) is 48.1. The highest BCUT2D eigenvalue weighted by atomic mass is 16.7. The van der Waals surface area contributed by atoms with E-state index in [0.717, 1.165) is 31.2 Å². The zero-order valence-corrected chi connectivity index (χ0v) is 17.5. The van der Waals surface area contributed by atoms with Gasteiger partial charge in [-0.15, -0.1) is 0 Å². The highest BCUT2D eigenvalue weighted by Crippen LogP contribution is 2.39. The van der Waals surface area contributed by atoms with Crippen molar-refractivity contribution in [3.05, 3.63) is 47.7 Å². The number of hydrogen-bond donors (Lipinski definition) is 4. The number of quaternary nitrogens is 1.